The number of amides is 1. The molecular weight excluding hydrogens is 392 g/mol. The number of rotatable bonds is 6. The lowest BCUT2D eigenvalue weighted by Crippen LogP contribution is -2.29. The van der Waals surface area contributed by atoms with Gasteiger partial charge in [0.2, 0.25) is 5.91 Å². The Labute approximate surface area is 170 Å². The Kier molecular flexibility index (Phi) is 5.35. The van der Waals surface area contributed by atoms with Crippen LogP contribution in [-0.2, 0) is 17.9 Å². The number of nitrogens with zero attached hydrogens (tertiary/aromatic N) is 5. The van der Waals surface area contributed by atoms with E-state index >= 15 is 0 Å². The van der Waals surface area contributed by atoms with E-state index in [0.717, 1.165) is 11.3 Å². The van der Waals surface area contributed by atoms with Crippen molar-refractivity contribution in [3.63, 3.8) is 0 Å². The van der Waals surface area contributed by atoms with Gasteiger partial charge in [-0.25, -0.2) is 9.36 Å². The minimum Gasteiger partial charge on any atom is -0.352 e. The van der Waals surface area contributed by atoms with Crippen molar-refractivity contribution in [2.45, 2.75) is 19.5 Å². The molecule has 0 unspecified atom stereocenters. The lowest BCUT2D eigenvalue weighted by atomic mass is 10.2. The highest BCUT2D eigenvalue weighted by atomic mass is 35.5. The van der Waals surface area contributed by atoms with Gasteiger partial charge in [-0.3, -0.25) is 9.59 Å². The molecule has 9 heteroatoms. The molecule has 29 heavy (non-hydrogen) atoms. The summed E-state index contributed by atoms with van der Waals surface area (Å²) in [5.41, 5.74) is 2.01. The highest BCUT2D eigenvalue weighted by Gasteiger charge is 2.08. The van der Waals surface area contributed by atoms with E-state index in [9.17, 15) is 9.59 Å². The normalized spacial score (nSPS) is 10.9. The Morgan fingerprint density at radius 2 is 1.90 bits per heavy atom. The molecule has 4 aromatic rings. The summed E-state index contributed by atoms with van der Waals surface area (Å²) >= 11 is 5.89. The third-order valence-electron chi connectivity index (χ3n) is 4.40. The van der Waals surface area contributed by atoms with E-state index in [0.29, 0.717) is 22.5 Å². The van der Waals surface area contributed by atoms with Gasteiger partial charge >= 0.3 is 0 Å². The first-order valence-electron chi connectivity index (χ1n) is 8.99. The molecule has 0 saturated heterocycles. The second kappa shape index (κ2) is 8.24. The Bertz CT molecular complexity index is 1220. The number of aryl methyl sites for hydroxylation is 1. The van der Waals surface area contributed by atoms with E-state index in [1.165, 1.54) is 4.68 Å². The number of carbonyl (C=O) groups is 1. The van der Waals surface area contributed by atoms with Crippen LogP contribution in [-0.4, -0.2) is 30.7 Å². The molecule has 0 fully saturated rings. The number of benzene rings is 2. The predicted molar refractivity (Wildman–Crippen MR) is 109 cm³/mol. The standard InChI is InChI=1S/C20H17ClN6O2/c21-15-5-7-16(8-6-15)27-13-14(12-23-27)11-22-19(28)9-10-26-20(29)17-3-1-2-4-18(17)24-25-26/h1-8,12-13H,9-11H2,(H,22,28). The van der Waals surface area contributed by atoms with E-state index in [1.54, 1.807) is 47.3 Å². The molecule has 0 aliphatic rings. The highest BCUT2D eigenvalue weighted by molar-refractivity contribution is 6.30. The van der Waals surface area contributed by atoms with Crippen molar-refractivity contribution in [1.29, 1.82) is 0 Å². The van der Waals surface area contributed by atoms with Crippen LogP contribution in [0.4, 0.5) is 0 Å². The zero-order valence-electron chi connectivity index (χ0n) is 15.3. The number of fused-ring (bicyclic) bond motifs is 1. The van der Waals surface area contributed by atoms with Gasteiger partial charge in [0.15, 0.2) is 0 Å². The van der Waals surface area contributed by atoms with Crippen molar-refractivity contribution < 1.29 is 4.79 Å². The van der Waals surface area contributed by atoms with Crippen molar-refractivity contribution in [1.82, 2.24) is 30.1 Å². The van der Waals surface area contributed by atoms with Gasteiger partial charge in [0.25, 0.3) is 5.56 Å². The van der Waals surface area contributed by atoms with Crippen molar-refractivity contribution >= 4 is 28.4 Å². The smallest absolute Gasteiger partial charge is 0.277 e. The maximum atomic E-state index is 12.4. The number of hydrogen-bond donors (Lipinski definition) is 1. The number of hydrogen-bond acceptors (Lipinski definition) is 5. The Morgan fingerprint density at radius 1 is 1.10 bits per heavy atom. The van der Waals surface area contributed by atoms with Crippen LogP contribution >= 0.6 is 11.6 Å². The summed E-state index contributed by atoms with van der Waals surface area (Å²) in [6.07, 6.45) is 3.65. The number of aromatic nitrogens is 5. The van der Waals surface area contributed by atoms with E-state index in [-0.39, 0.29) is 24.4 Å². The van der Waals surface area contributed by atoms with Gasteiger partial charge in [-0.15, -0.1) is 5.10 Å². The molecule has 4 rings (SSSR count). The molecule has 0 radical (unpaired) electrons. The summed E-state index contributed by atoms with van der Waals surface area (Å²) in [5, 5.41) is 16.2. The second-order valence-electron chi connectivity index (χ2n) is 6.43. The van der Waals surface area contributed by atoms with E-state index in [2.05, 4.69) is 20.7 Å². The largest absolute Gasteiger partial charge is 0.352 e. The Balaban J connectivity index is 1.33. The van der Waals surface area contributed by atoms with Crippen LogP contribution in [0.5, 0.6) is 0 Å². The Morgan fingerprint density at radius 3 is 2.72 bits per heavy atom. The minimum atomic E-state index is -0.257. The number of carbonyl (C=O) groups excluding carboxylic acids is 1. The minimum absolute atomic E-state index is 0.123. The molecule has 8 nitrogen and oxygen atoms in total. The van der Waals surface area contributed by atoms with Crippen LogP contribution < -0.4 is 10.9 Å². The molecule has 0 spiro atoms. The summed E-state index contributed by atoms with van der Waals surface area (Å²) in [7, 11) is 0. The molecule has 146 valence electrons. The monoisotopic (exact) mass is 408 g/mol. The highest BCUT2D eigenvalue weighted by Crippen LogP contribution is 2.13. The zero-order chi connectivity index (χ0) is 20.2. The second-order valence-corrected chi connectivity index (χ2v) is 6.87. The van der Waals surface area contributed by atoms with Crippen molar-refractivity contribution in [3.05, 3.63) is 81.9 Å². The lowest BCUT2D eigenvalue weighted by Gasteiger charge is -2.06. The van der Waals surface area contributed by atoms with Gasteiger partial charge < -0.3 is 5.32 Å². The van der Waals surface area contributed by atoms with Crippen molar-refractivity contribution in [3.8, 4) is 5.69 Å². The molecule has 0 bridgehead atoms. The van der Waals surface area contributed by atoms with Crippen LogP contribution in [0, 0.1) is 0 Å². The molecule has 2 aromatic heterocycles. The van der Waals surface area contributed by atoms with Crippen molar-refractivity contribution in [2.24, 2.45) is 0 Å². The van der Waals surface area contributed by atoms with Gasteiger partial charge in [-0.2, -0.15) is 5.10 Å². The summed E-state index contributed by atoms with van der Waals surface area (Å²) in [5.74, 6) is -0.189. The Hall–Kier alpha value is -3.52. The van der Waals surface area contributed by atoms with Gasteiger partial charge in [0.1, 0.15) is 5.52 Å². The van der Waals surface area contributed by atoms with Crippen molar-refractivity contribution in [2.75, 3.05) is 0 Å². The van der Waals surface area contributed by atoms with Gasteiger partial charge in [-0.05, 0) is 36.4 Å². The molecule has 0 saturated carbocycles. The first-order valence-corrected chi connectivity index (χ1v) is 9.37. The molecule has 2 heterocycles. The summed E-state index contributed by atoms with van der Waals surface area (Å²) in [6, 6.07) is 14.3. The average molecular weight is 409 g/mol. The summed E-state index contributed by atoms with van der Waals surface area (Å²) in [6.45, 7) is 0.497. The first kappa shape index (κ1) is 18.8. The molecule has 1 amide bonds. The molecule has 1 N–H and O–H groups in total. The van der Waals surface area contributed by atoms with E-state index in [1.807, 2.05) is 18.3 Å². The molecule has 0 aliphatic carbocycles. The maximum Gasteiger partial charge on any atom is 0.277 e. The number of nitrogens with one attached hydrogen (secondary N) is 1. The fraction of sp³-hybridized carbons (Fsp3) is 0.150. The summed E-state index contributed by atoms with van der Waals surface area (Å²) in [4.78, 5) is 24.6. The average Bonchev–Trinajstić information content (AvgIpc) is 3.21. The fourth-order valence-corrected chi connectivity index (χ4v) is 2.98. The fourth-order valence-electron chi connectivity index (χ4n) is 2.85. The molecule has 0 atom stereocenters. The zero-order valence-corrected chi connectivity index (χ0v) is 16.1. The maximum absolute atomic E-state index is 12.4. The van der Waals surface area contributed by atoms with Crippen LogP contribution in [0.25, 0.3) is 16.6 Å². The third kappa shape index (κ3) is 4.33. The molecule has 2 aromatic carbocycles. The van der Waals surface area contributed by atoms with Crippen LogP contribution in [0.1, 0.15) is 12.0 Å². The van der Waals surface area contributed by atoms with Crippen LogP contribution in [0.2, 0.25) is 5.02 Å². The lowest BCUT2D eigenvalue weighted by molar-refractivity contribution is -0.121. The van der Waals surface area contributed by atoms with Gasteiger partial charge in [0, 0.05) is 29.7 Å². The number of halogens is 1. The van der Waals surface area contributed by atoms with Crippen LogP contribution in [0.3, 0.4) is 0 Å². The van der Waals surface area contributed by atoms with E-state index < -0.39 is 0 Å². The molecule has 0 aliphatic heterocycles. The van der Waals surface area contributed by atoms with Crippen LogP contribution in [0.15, 0.2) is 65.7 Å². The first-order chi connectivity index (χ1) is 14.1. The SMILES string of the molecule is O=C(CCn1nnc2ccccc2c1=O)NCc1cnn(-c2ccc(Cl)cc2)c1. The molecular formula is C20H17ClN6O2. The topological polar surface area (TPSA) is 94.7 Å². The third-order valence-corrected chi connectivity index (χ3v) is 4.65. The summed E-state index contributed by atoms with van der Waals surface area (Å²) < 4.78 is 2.92. The quantitative estimate of drug-likeness (QED) is 0.528. The van der Waals surface area contributed by atoms with Gasteiger partial charge in [0.05, 0.1) is 23.8 Å². The van der Waals surface area contributed by atoms with E-state index in [4.69, 9.17) is 11.6 Å². The van der Waals surface area contributed by atoms with Gasteiger partial charge in [-0.1, -0.05) is 28.9 Å². The predicted octanol–water partition coefficient (Wildman–Crippen LogP) is 2.34.